The van der Waals surface area contributed by atoms with Crippen LogP contribution in [0.25, 0.3) is 0 Å². The van der Waals surface area contributed by atoms with Gasteiger partial charge >= 0.3 is 0 Å². The van der Waals surface area contributed by atoms with Gasteiger partial charge in [-0.15, -0.1) is 0 Å². The number of nitrogens with one attached hydrogen (secondary N) is 1. The van der Waals surface area contributed by atoms with Gasteiger partial charge in [-0.2, -0.15) is 0 Å². The predicted octanol–water partition coefficient (Wildman–Crippen LogP) is 2.36. The van der Waals surface area contributed by atoms with Crippen molar-refractivity contribution in [3.63, 3.8) is 0 Å². The highest BCUT2D eigenvalue weighted by Crippen LogP contribution is 2.41. The molecule has 1 atom stereocenters. The van der Waals surface area contributed by atoms with Gasteiger partial charge in [-0.25, -0.2) is 0 Å². The van der Waals surface area contributed by atoms with Crippen molar-refractivity contribution in [2.75, 3.05) is 6.54 Å². The molecule has 112 valence electrons. The zero-order valence-electron chi connectivity index (χ0n) is 12.1. The first-order chi connectivity index (χ1) is 9.99. The van der Waals surface area contributed by atoms with Crippen LogP contribution in [-0.2, 0) is 16.1 Å². The molecule has 3 rings (SSSR count). The summed E-state index contributed by atoms with van der Waals surface area (Å²) in [7, 11) is 0. The van der Waals surface area contributed by atoms with Gasteiger partial charge < -0.3 is 10.2 Å². The first-order valence-corrected chi connectivity index (χ1v) is 7.71. The second-order valence-corrected chi connectivity index (χ2v) is 6.57. The number of hydrogen-bond donors (Lipinski definition) is 1. The highest BCUT2D eigenvalue weighted by atomic mass is 35.5. The molecule has 0 radical (unpaired) electrons. The minimum absolute atomic E-state index is 0.0239. The third kappa shape index (κ3) is 2.91. The molecule has 1 aliphatic heterocycles. The monoisotopic (exact) mass is 306 g/mol. The normalized spacial score (nSPS) is 26.5. The molecule has 0 spiro atoms. The van der Waals surface area contributed by atoms with Gasteiger partial charge in [0.1, 0.15) is 5.54 Å². The Bertz CT molecular complexity index is 585. The van der Waals surface area contributed by atoms with E-state index in [9.17, 15) is 9.59 Å². The van der Waals surface area contributed by atoms with Gasteiger partial charge in [0, 0.05) is 24.5 Å². The summed E-state index contributed by atoms with van der Waals surface area (Å²) in [5.41, 5.74) is 0.245. The summed E-state index contributed by atoms with van der Waals surface area (Å²) in [5.74, 6) is 0.260. The summed E-state index contributed by atoms with van der Waals surface area (Å²) >= 11 is 6.00. The molecule has 2 amide bonds. The molecule has 1 aromatic rings. The Morgan fingerprint density at radius 3 is 2.81 bits per heavy atom. The third-order valence-corrected chi connectivity index (χ3v) is 4.63. The van der Waals surface area contributed by atoms with E-state index < -0.39 is 5.54 Å². The Kier molecular flexibility index (Phi) is 3.66. The molecule has 1 unspecified atom stereocenters. The summed E-state index contributed by atoms with van der Waals surface area (Å²) in [6.07, 6.45) is 2.37. The number of carbonyl (C=O) groups excluding carboxylic acids is 2. The van der Waals surface area contributed by atoms with Crippen molar-refractivity contribution in [1.29, 1.82) is 0 Å². The van der Waals surface area contributed by atoms with Crippen LogP contribution in [0.5, 0.6) is 0 Å². The second-order valence-electron chi connectivity index (χ2n) is 6.13. The lowest BCUT2D eigenvalue weighted by Gasteiger charge is -2.32. The molecule has 5 heteroatoms. The zero-order chi connectivity index (χ0) is 15.0. The van der Waals surface area contributed by atoms with Crippen LogP contribution in [-0.4, -0.2) is 28.8 Å². The average molecular weight is 307 g/mol. The van der Waals surface area contributed by atoms with Crippen molar-refractivity contribution in [3.05, 3.63) is 34.9 Å². The Balaban J connectivity index is 1.83. The first kappa shape index (κ1) is 14.4. The molecule has 4 nitrogen and oxygen atoms in total. The Morgan fingerprint density at radius 2 is 2.14 bits per heavy atom. The van der Waals surface area contributed by atoms with Crippen molar-refractivity contribution in [1.82, 2.24) is 10.2 Å². The lowest BCUT2D eigenvalue weighted by atomic mass is 9.94. The molecule has 2 fully saturated rings. The van der Waals surface area contributed by atoms with Crippen molar-refractivity contribution < 1.29 is 9.59 Å². The molecule has 0 aromatic heterocycles. The van der Waals surface area contributed by atoms with Crippen molar-refractivity contribution >= 4 is 23.4 Å². The summed E-state index contributed by atoms with van der Waals surface area (Å²) < 4.78 is 0. The van der Waals surface area contributed by atoms with Crippen LogP contribution < -0.4 is 5.32 Å². The number of amides is 2. The van der Waals surface area contributed by atoms with E-state index in [0.29, 0.717) is 24.5 Å². The summed E-state index contributed by atoms with van der Waals surface area (Å²) in [4.78, 5) is 26.6. The maximum atomic E-state index is 12.9. The van der Waals surface area contributed by atoms with Crippen molar-refractivity contribution in [2.45, 2.75) is 38.3 Å². The fourth-order valence-electron chi connectivity index (χ4n) is 3.02. The van der Waals surface area contributed by atoms with Gasteiger partial charge in [0.2, 0.25) is 11.8 Å². The minimum atomic E-state index is -0.744. The predicted molar refractivity (Wildman–Crippen MR) is 80.8 cm³/mol. The van der Waals surface area contributed by atoms with Gasteiger partial charge in [-0.1, -0.05) is 23.7 Å². The van der Waals surface area contributed by atoms with E-state index in [-0.39, 0.29) is 17.7 Å². The highest BCUT2D eigenvalue weighted by molar-refractivity contribution is 6.30. The highest BCUT2D eigenvalue weighted by Gasteiger charge is 2.50. The van der Waals surface area contributed by atoms with Gasteiger partial charge in [0.15, 0.2) is 0 Å². The van der Waals surface area contributed by atoms with E-state index in [4.69, 9.17) is 11.6 Å². The first-order valence-electron chi connectivity index (χ1n) is 7.34. The van der Waals surface area contributed by atoms with Gasteiger partial charge in [0.05, 0.1) is 0 Å². The van der Waals surface area contributed by atoms with Crippen LogP contribution in [0.2, 0.25) is 5.02 Å². The van der Waals surface area contributed by atoms with Crippen LogP contribution >= 0.6 is 11.6 Å². The van der Waals surface area contributed by atoms with E-state index in [1.165, 1.54) is 0 Å². The van der Waals surface area contributed by atoms with Crippen LogP contribution in [0.15, 0.2) is 24.3 Å². The van der Waals surface area contributed by atoms with Crippen LogP contribution in [0.1, 0.15) is 31.7 Å². The SMILES string of the molecule is CC1(C2CC2)NC(=O)CCN(Cc2cccc(Cl)c2)C1=O. The quantitative estimate of drug-likeness (QED) is 0.932. The topological polar surface area (TPSA) is 49.4 Å². The molecule has 1 saturated heterocycles. The molecule has 2 aliphatic rings. The van der Waals surface area contributed by atoms with Gasteiger partial charge in [0.25, 0.3) is 0 Å². The number of halogens is 1. The second kappa shape index (κ2) is 5.34. The lowest BCUT2D eigenvalue weighted by Crippen LogP contribution is -2.56. The molecule has 1 N–H and O–H groups in total. The fourth-order valence-corrected chi connectivity index (χ4v) is 3.23. The number of rotatable bonds is 3. The summed E-state index contributed by atoms with van der Waals surface area (Å²) in [5, 5.41) is 3.60. The third-order valence-electron chi connectivity index (χ3n) is 4.40. The van der Waals surface area contributed by atoms with E-state index in [0.717, 1.165) is 18.4 Å². The smallest absolute Gasteiger partial charge is 0.248 e. The maximum Gasteiger partial charge on any atom is 0.248 e. The van der Waals surface area contributed by atoms with Crippen molar-refractivity contribution in [2.24, 2.45) is 5.92 Å². The number of carbonyl (C=O) groups is 2. The Morgan fingerprint density at radius 1 is 1.38 bits per heavy atom. The lowest BCUT2D eigenvalue weighted by molar-refractivity contribution is -0.139. The van der Waals surface area contributed by atoms with Crippen LogP contribution in [0.4, 0.5) is 0 Å². The largest absolute Gasteiger partial charge is 0.342 e. The van der Waals surface area contributed by atoms with Crippen molar-refractivity contribution in [3.8, 4) is 0 Å². The van der Waals surface area contributed by atoms with Gasteiger partial charge in [-0.3, -0.25) is 9.59 Å². The Hall–Kier alpha value is -1.55. The molecule has 1 aliphatic carbocycles. The van der Waals surface area contributed by atoms with E-state index in [1.54, 1.807) is 4.90 Å². The number of benzene rings is 1. The van der Waals surface area contributed by atoms with Crippen LogP contribution in [0.3, 0.4) is 0 Å². The molecular weight excluding hydrogens is 288 g/mol. The fraction of sp³-hybridized carbons (Fsp3) is 0.500. The summed E-state index contributed by atoms with van der Waals surface area (Å²) in [6, 6.07) is 7.51. The zero-order valence-corrected chi connectivity index (χ0v) is 12.8. The number of nitrogens with zero attached hydrogens (tertiary/aromatic N) is 1. The molecule has 1 heterocycles. The van der Waals surface area contributed by atoms with Gasteiger partial charge in [-0.05, 0) is 43.4 Å². The van der Waals surface area contributed by atoms with E-state index in [2.05, 4.69) is 5.32 Å². The summed E-state index contributed by atoms with van der Waals surface area (Å²) in [6.45, 7) is 2.82. The average Bonchev–Trinajstić information content (AvgIpc) is 3.26. The standard InChI is InChI=1S/C16H19ClN2O2/c1-16(12-5-6-12)15(21)19(8-7-14(20)18-16)10-11-3-2-4-13(17)9-11/h2-4,9,12H,5-8,10H2,1H3,(H,18,20). The maximum absolute atomic E-state index is 12.9. The number of hydrogen-bond acceptors (Lipinski definition) is 2. The minimum Gasteiger partial charge on any atom is -0.342 e. The Labute approximate surface area is 129 Å². The van der Waals surface area contributed by atoms with Crippen LogP contribution in [0, 0.1) is 5.92 Å². The molecule has 1 aromatic carbocycles. The van der Waals surface area contributed by atoms with E-state index >= 15 is 0 Å². The molecule has 21 heavy (non-hydrogen) atoms. The molecular formula is C16H19ClN2O2. The van der Waals surface area contributed by atoms with E-state index in [1.807, 2.05) is 31.2 Å². The molecule has 0 bridgehead atoms. The molecule has 1 saturated carbocycles.